The highest BCUT2D eigenvalue weighted by atomic mass is 32.1. The summed E-state index contributed by atoms with van der Waals surface area (Å²) in [6, 6.07) is 11.6. The van der Waals surface area contributed by atoms with Crippen LogP contribution in [0, 0.1) is 5.41 Å². The van der Waals surface area contributed by atoms with Crippen molar-refractivity contribution < 1.29 is 15.0 Å². The summed E-state index contributed by atoms with van der Waals surface area (Å²) < 4.78 is 0. The van der Waals surface area contributed by atoms with E-state index in [-0.39, 0.29) is 0 Å². The van der Waals surface area contributed by atoms with E-state index >= 15 is 0 Å². The molecule has 0 spiro atoms. The van der Waals surface area contributed by atoms with Crippen molar-refractivity contribution in [1.82, 2.24) is 4.90 Å². The maximum Gasteiger partial charge on any atom is 0.313 e. The third kappa shape index (κ3) is 3.47. The predicted molar refractivity (Wildman–Crippen MR) is 90.4 cm³/mol. The van der Waals surface area contributed by atoms with Gasteiger partial charge in [-0.2, -0.15) is 11.3 Å². The first-order valence-electron chi connectivity index (χ1n) is 7.79. The molecule has 1 aliphatic rings. The van der Waals surface area contributed by atoms with Gasteiger partial charge in [0.25, 0.3) is 0 Å². The van der Waals surface area contributed by atoms with Gasteiger partial charge in [-0.3, -0.25) is 9.69 Å². The fraction of sp³-hybridized carbons (Fsp3) is 0.389. The Morgan fingerprint density at radius 1 is 1.26 bits per heavy atom. The van der Waals surface area contributed by atoms with Crippen LogP contribution in [0.25, 0.3) is 0 Å². The molecule has 0 radical (unpaired) electrons. The minimum Gasteiger partial charge on any atom is -0.481 e. The summed E-state index contributed by atoms with van der Waals surface area (Å²) in [5.74, 6) is -0.913. The fourth-order valence-electron chi connectivity index (χ4n) is 3.36. The number of carboxylic acids is 1. The van der Waals surface area contributed by atoms with Crippen molar-refractivity contribution in [2.75, 3.05) is 13.1 Å². The molecule has 2 aromatic rings. The highest BCUT2D eigenvalue weighted by Crippen LogP contribution is 2.35. The lowest BCUT2D eigenvalue weighted by Gasteiger charge is -2.43. The summed E-state index contributed by atoms with van der Waals surface area (Å²) in [5.41, 5.74) is 1.01. The quantitative estimate of drug-likeness (QED) is 0.884. The second kappa shape index (κ2) is 6.83. The SMILES string of the molecule is O=C(O)[C@@]1(Cc2ccccc2)CN(Cc2ccsc2)CC[C@@H]1O. The lowest BCUT2D eigenvalue weighted by Crippen LogP contribution is -2.56. The number of piperidine rings is 1. The van der Waals surface area contributed by atoms with Gasteiger partial charge in [0.1, 0.15) is 5.41 Å². The van der Waals surface area contributed by atoms with Gasteiger partial charge in [0, 0.05) is 19.6 Å². The molecule has 2 atom stereocenters. The van der Waals surface area contributed by atoms with E-state index < -0.39 is 17.5 Å². The molecule has 1 aromatic carbocycles. The molecule has 0 saturated carbocycles. The van der Waals surface area contributed by atoms with Crippen LogP contribution in [0.4, 0.5) is 0 Å². The first-order chi connectivity index (χ1) is 11.1. The highest BCUT2D eigenvalue weighted by Gasteiger charge is 2.49. The molecule has 1 aliphatic heterocycles. The second-order valence-electron chi connectivity index (χ2n) is 6.27. The molecule has 4 nitrogen and oxygen atoms in total. The normalized spacial score (nSPS) is 25.3. The van der Waals surface area contributed by atoms with Crippen LogP contribution in [0.5, 0.6) is 0 Å². The number of carbonyl (C=O) groups is 1. The van der Waals surface area contributed by atoms with Crippen LogP contribution in [0.2, 0.25) is 0 Å². The zero-order valence-corrected chi connectivity index (χ0v) is 13.7. The summed E-state index contributed by atoms with van der Waals surface area (Å²) >= 11 is 1.65. The molecule has 1 aromatic heterocycles. The Kier molecular flexibility index (Phi) is 4.80. The van der Waals surface area contributed by atoms with Crippen LogP contribution in [-0.2, 0) is 17.8 Å². The van der Waals surface area contributed by atoms with Crippen LogP contribution in [0.15, 0.2) is 47.2 Å². The Balaban J connectivity index is 1.82. The van der Waals surface area contributed by atoms with Crippen molar-refractivity contribution in [2.24, 2.45) is 5.41 Å². The van der Waals surface area contributed by atoms with E-state index in [9.17, 15) is 15.0 Å². The average Bonchev–Trinajstić information content (AvgIpc) is 3.04. The summed E-state index contributed by atoms with van der Waals surface area (Å²) in [7, 11) is 0. The van der Waals surface area contributed by atoms with Crippen LogP contribution < -0.4 is 0 Å². The number of likely N-dealkylation sites (tertiary alicyclic amines) is 1. The summed E-state index contributed by atoms with van der Waals surface area (Å²) in [6.45, 7) is 1.83. The van der Waals surface area contributed by atoms with Gasteiger partial charge in [0.15, 0.2) is 0 Å². The van der Waals surface area contributed by atoms with Crippen molar-refractivity contribution in [1.29, 1.82) is 0 Å². The Morgan fingerprint density at radius 2 is 2.04 bits per heavy atom. The average molecular weight is 331 g/mol. The van der Waals surface area contributed by atoms with Crippen molar-refractivity contribution in [2.45, 2.75) is 25.5 Å². The van der Waals surface area contributed by atoms with Gasteiger partial charge >= 0.3 is 5.97 Å². The summed E-state index contributed by atoms with van der Waals surface area (Å²) in [6.07, 6.45) is 0.0206. The Bertz CT molecular complexity index is 644. The van der Waals surface area contributed by atoms with Crippen molar-refractivity contribution in [3.63, 3.8) is 0 Å². The third-order valence-electron chi connectivity index (χ3n) is 4.64. The largest absolute Gasteiger partial charge is 0.481 e. The Morgan fingerprint density at radius 3 is 2.70 bits per heavy atom. The lowest BCUT2D eigenvalue weighted by molar-refractivity contribution is -0.163. The Labute approximate surface area is 140 Å². The second-order valence-corrected chi connectivity index (χ2v) is 7.05. The lowest BCUT2D eigenvalue weighted by atomic mass is 9.73. The Hall–Kier alpha value is -1.69. The molecule has 122 valence electrons. The zero-order chi connectivity index (χ0) is 16.3. The molecule has 1 saturated heterocycles. The van der Waals surface area contributed by atoms with Crippen LogP contribution >= 0.6 is 11.3 Å². The minimum atomic E-state index is -1.14. The van der Waals surface area contributed by atoms with Gasteiger partial charge in [-0.05, 0) is 40.8 Å². The smallest absolute Gasteiger partial charge is 0.313 e. The van der Waals surface area contributed by atoms with E-state index in [1.807, 2.05) is 35.7 Å². The molecule has 23 heavy (non-hydrogen) atoms. The number of rotatable bonds is 5. The van der Waals surface area contributed by atoms with E-state index in [1.165, 1.54) is 5.56 Å². The molecule has 0 amide bonds. The molecular formula is C18H21NO3S. The van der Waals surface area contributed by atoms with Crippen LogP contribution in [0.1, 0.15) is 17.5 Å². The maximum absolute atomic E-state index is 12.1. The van der Waals surface area contributed by atoms with Gasteiger partial charge in [0.05, 0.1) is 6.10 Å². The standard InChI is InChI=1S/C18H21NO3S/c20-16-6-8-19(11-15-7-9-23-12-15)13-18(16,17(21)22)10-14-4-2-1-3-5-14/h1-5,7,9,12,16,20H,6,8,10-11,13H2,(H,21,22)/t16-,18-/m0/s1. The molecular weight excluding hydrogens is 310 g/mol. The number of aliphatic carboxylic acids is 1. The number of hydrogen-bond donors (Lipinski definition) is 2. The molecule has 0 bridgehead atoms. The highest BCUT2D eigenvalue weighted by molar-refractivity contribution is 7.07. The number of aliphatic hydroxyl groups excluding tert-OH is 1. The van der Waals surface area contributed by atoms with E-state index in [0.717, 1.165) is 18.7 Å². The van der Waals surface area contributed by atoms with E-state index in [0.29, 0.717) is 19.4 Å². The number of hydrogen-bond acceptors (Lipinski definition) is 4. The molecule has 0 unspecified atom stereocenters. The molecule has 3 rings (SSSR count). The fourth-order valence-corrected chi connectivity index (χ4v) is 4.02. The van der Waals surface area contributed by atoms with Gasteiger partial charge in [-0.15, -0.1) is 0 Å². The van der Waals surface area contributed by atoms with E-state index in [2.05, 4.69) is 16.3 Å². The third-order valence-corrected chi connectivity index (χ3v) is 5.37. The maximum atomic E-state index is 12.1. The van der Waals surface area contributed by atoms with Gasteiger partial charge in [-0.1, -0.05) is 30.3 Å². The van der Waals surface area contributed by atoms with Crippen molar-refractivity contribution >= 4 is 17.3 Å². The first-order valence-corrected chi connectivity index (χ1v) is 8.73. The first kappa shape index (κ1) is 16.2. The van der Waals surface area contributed by atoms with Crippen LogP contribution in [0.3, 0.4) is 0 Å². The van der Waals surface area contributed by atoms with Crippen molar-refractivity contribution in [3.05, 3.63) is 58.3 Å². The van der Waals surface area contributed by atoms with Gasteiger partial charge in [-0.25, -0.2) is 0 Å². The van der Waals surface area contributed by atoms with Crippen LogP contribution in [-0.4, -0.2) is 40.3 Å². The van der Waals surface area contributed by atoms with E-state index in [4.69, 9.17) is 0 Å². The number of nitrogens with zero attached hydrogens (tertiary/aromatic N) is 1. The molecule has 2 heterocycles. The van der Waals surface area contributed by atoms with Crippen molar-refractivity contribution in [3.8, 4) is 0 Å². The topological polar surface area (TPSA) is 60.8 Å². The van der Waals surface area contributed by atoms with Gasteiger partial charge in [0.2, 0.25) is 0 Å². The molecule has 5 heteroatoms. The predicted octanol–water partition coefficient (Wildman–Crippen LogP) is 2.63. The van der Waals surface area contributed by atoms with Gasteiger partial charge < -0.3 is 10.2 Å². The number of carboxylic acid groups (broad SMARTS) is 1. The van der Waals surface area contributed by atoms with E-state index in [1.54, 1.807) is 11.3 Å². The summed E-state index contributed by atoms with van der Waals surface area (Å²) in [4.78, 5) is 14.2. The number of thiophene rings is 1. The summed E-state index contributed by atoms with van der Waals surface area (Å²) in [5, 5.41) is 24.5. The number of benzene rings is 1. The monoisotopic (exact) mass is 331 g/mol. The number of aliphatic hydroxyl groups is 1. The molecule has 2 N–H and O–H groups in total. The molecule has 1 fully saturated rings. The minimum absolute atomic E-state index is 0.352. The zero-order valence-electron chi connectivity index (χ0n) is 12.9. The molecule has 0 aliphatic carbocycles.